The van der Waals surface area contributed by atoms with Crippen LogP contribution >= 0.6 is 43.2 Å². The Kier molecular flexibility index (Phi) is 5.19. The molecule has 19 heavy (non-hydrogen) atoms. The predicted molar refractivity (Wildman–Crippen MR) is 84.6 cm³/mol. The Bertz CT molecular complexity index is 553. The Morgan fingerprint density at radius 2 is 2.21 bits per heavy atom. The van der Waals surface area contributed by atoms with E-state index in [1.165, 1.54) is 11.3 Å². The highest BCUT2D eigenvalue weighted by Crippen LogP contribution is 2.33. The van der Waals surface area contributed by atoms with Crippen LogP contribution in [-0.2, 0) is 6.54 Å². The fraction of sp³-hybridized carbons (Fsp3) is 0.417. The molecule has 2 rings (SSSR count). The molecule has 1 unspecified atom stereocenters. The minimum Gasteiger partial charge on any atom is -0.381 e. The van der Waals surface area contributed by atoms with Crippen LogP contribution in [0.1, 0.15) is 16.7 Å². The number of hydrogen-bond donors (Lipinski definition) is 1. The molecule has 0 amide bonds. The number of aromatic nitrogens is 2. The van der Waals surface area contributed by atoms with Crippen molar-refractivity contribution in [2.45, 2.75) is 12.6 Å². The van der Waals surface area contributed by atoms with Crippen molar-refractivity contribution >= 4 is 43.2 Å². The lowest BCUT2D eigenvalue weighted by atomic mass is 10.2. The third-order valence-corrected chi connectivity index (χ3v) is 5.07. The van der Waals surface area contributed by atoms with Gasteiger partial charge in [0, 0.05) is 21.3 Å². The summed E-state index contributed by atoms with van der Waals surface area (Å²) < 4.78 is 3.67. The maximum Gasteiger partial charge on any atom is 0.131 e. The highest BCUT2D eigenvalue weighted by atomic mass is 79.9. The van der Waals surface area contributed by atoms with Gasteiger partial charge in [0.05, 0.1) is 22.9 Å². The van der Waals surface area contributed by atoms with Gasteiger partial charge in [0.15, 0.2) is 0 Å². The summed E-state index contributed by atoms with van der Waals surface area (Å²) >= 11 is 8.40. The molecule has 0 fully saturated rings. The Morgan fingerprint density at radius 1 is 1.47 bits per heavy atom. The van der Waals surface area contributed by atoms with E-state index in [-0.39, 0.29) is 0 Å². The van der Waals surface area contributed by atoms with Gasteiger partial charge in [0.25, 0.3) is 0 Å². The maximum absolute atomic E-state index is 10.5. The predicted octanol–water partition coefficient (Wildman–Crippen LogP) is 3.11. The largest absolute Gasteiger partial charge is 0.381 e. The van der Waals surface area contributed by atoms with Crippen LogP contribution in [0.25, 0.3) is 0 Å². The second-order valence-corrected chi connectivity index (χ2v) is 7.19. The molecule has 0 aliphatic rings. The molecule has 0 radical (unpaired) electrons. The van der Waals surface area contributed by atoms with Gasteiger partial charge >= 0.3 is 0 Å². The Morgan fingerprint density at radius 3 is 2.79 bits per heavy atom. The summed E-state index contributed by atoms with van der Waals surface area (Å²) in [5, 5.41) is 16.8. The number of rotatable bonds is 5. The minimum atomic E-state index is -0.657. The number of aliphatic hydroxyl groups is 1. The summed E-state index contributed by atoms with van der Waals surface area (Å²) in [5.74, 6) is 0. The molecule has 0 aliphatic carbocycles. The molecule has 2 heterocycles. The van der Waals surface area contributed by atoms with Gasteiger partial charge in [-0.15, -0.1) is 11.3 Å². The number of halogens is 2. The van der Waals surface area contributed by atoms with E-state index in [1.807, 2.05) is 30.2 Å². The number of aliphatic hydroxyl groups excluding tert-OH is 1. The Balaban J connectivity index is 2.25. The van der Waals surface area contributed by atoms with Gasteiger partial charge in [-0.25, -0.2) is 0 Å². The normalized spacial score (nSPS) is 13.2. The molecule has 1 N–H and O–H groups in total. The third-order valence-electron chi connectivity index (χ3n) is 2.71. The molecule has 0 saturated carbocycles. The standard InChI is InChI=1S/C12H15Br2N3OS/c1-16(2)3-4-17-11(9(14)6-15-17)12(18)10-5-8(13)7-19-10/h5-7,12,18H,3-4H2,1-2H3. The van der Waals surface area contributed by atoms with Crippen LogP contribution in [0.2, 0.25) is 0 Å². The zero-order valence-electron chi connectivity index (χ0n) is 10.7. The topological polar surface area (TPSA) is 41.3 Å². The molecule has 1 atom stereocenters. The van der Waals surface area contributed by atoms with E-state index in [4.69, 9.17) is 0 Å². The molecule has 0 bridgehead atoms. The monoisotopic (exact) mass is 407 g/mol. The number of nitrogens with zero attached hydrogens (tertiary/aromatic N) is 3. The van der Waals surface area contributed by atoms with Gasteiger partial charge in [-0.05, 0) is 52.0 Å². The van der Waals surface area contributed by atoms with Crippen molar-refractivity contribution in [1.29, 1.82) is 0 Å². The van der Waals surface area contributed by atoms with Gasteiger partial charge in [-0.3, -0.25) is 4.68 Å². The molecule has 0 aliphatic heterocycles. The summed E-state index contributed by atoms with van der Waals surface area (Å²) in [6.45, 7) is 1.62. The third kappa shape index (κ3) is 3.66. The number of thiophene rings is 1. The Labute approximate surface area is 133 Å². The summed E-state index contributed by atoms with van der Waals surface area (Å²) in [6.07, 6.45) is 1.08. The van der Waals surface area contributed by atoms with E-state index in [0.29, 0.717) is 0 Å². The van der Waals surface area contributed by atoms with E-state index in [9.17, 15) is 5.11 Å². The summed E-state index contributed by atoms with van der Waals surface area (Å²) in [7, 11) is 4.04. The maximum atomic E-state index is 10.5. The quantitative estimate of drug-likeness (QED) is 0.826. The van der Waals surface area contributed by atoms with Crippen LogP contribution in [0.4, 0.5) is 0 Å². The van der Waals surface area contributed by atoms with Crippen LogP contribution < -0.4 is 0 Å². The molecule has 4 nitrogen and oxygen atoms in total. The van der Waals surface area contributed by atoms with Gasteiger partial charge in [-0.2, -0.15) is 5.10 Å². The van der Waals surface area contributed by atoms with Gasteiger partial charge in [0.2, 0.25) is 0 Å². The smallest absolute Gasteiger partial charge is 0.131 e. The lowest BCUT2D eigenvalue weighted by Gasteiger charge is -2.15. The van der Waals surface area contributed by atoms with Crippen molar-refractivity contribution in [2.24, 2.45) is 0 Å². The molecule has 2 aromatic heterocycles. The lowest BCUT2D eigenvalue weighted by Crippen LogP contribution is -2.21. The van der Waals surface area contributed by atoms with Crippen molar-refractivity contribution in [3.8, 4) is 0 Å². The first-order valence-electron chi connectivity index (χ1n) is 5.77. The molecule has 104 valence electrons. The van der Waals surface area contributed by atoms with Crippen molar-refractivity contribution < 1.29 is 5.11 Å². The van der Waals surface area contributed by atoms with Gasteiger partial charge in [-0.1, -0.05) is 0 Å². The summed E-state index contributed by atoms with van der Waals surface area (Å²) in [6, 6.07) is 1.94. The molecular formula is C12H15Br2N3OS. The van der Waals surface area contributed by atoms with Crippen LogP contribution in [0, 0.1) is 0 Å². The average molecular weight is 409 g/mol. The first kappa shape index (κ1) is 15.2. The second kappa shape index (κ2) is 6.49. The van der Waals surface area contributed by atoms with Crippen LogP contribution in [0.3, 0.4) is 0 Å². The van der Waals surface area contributed by atoms with Crippen LogP contribution in [0.5, 0.6) is 0 Å². The van der Waals surface area contributed by atoms with Crippen molar-refractivity contribution in [3.05, 3.63) is 37.2 Å². The molecule has 0 aromatic carbocycles. The molecule has 2 aromatic rings. The molecule has 0 saturated heterocycles. The van der Waals surface area contributed by atoms with Crippen LogP contribution in [-0.4, -0.2) is 40.4 Å². The lowest BCUT2D eigenvalue weighted by molar-refractivity contribution is 0.208. The van der Waals surface area contributed by atoms with Crippen molar-refractivity contribution in [1.82, 2.24) is 14.7 Å². The fourth-order valence-electron chi connectivity index (χ4n) is 1.72. The van der Waals surface area contributed by atoms with E-state index < -0.39 is 6.10 Å². The summed E-state index contributed by atoms with van der Waals surface area (Å²) in [4.78, 5) is 2.99. The van der Waals surface area contributed by atoms with Gasteiger partial charge in [0.1, 0.15) is 6.10 Å². The zero-order chi connectivity index (χ0) is 14.0. The highest BCUT2D eigenvalue weighted by Gasteiger charge is 2.21. The number of hydrogen-bond acceptors (Lipinski definition) is 4. The Hall–Kier alpha value is -0.210. The fourth-order valence-corrected chi connectivity index (χ4v) is 3.67. The van der Waals surface area contributed by atoms with E-state index >= 15 is 0 Å². The zero-order valence-corrected chi connectivity index (χ0v) is 14.7. The van der Waals surface area contributed by atoms with E-state index in [1.54, 1.807) is 6.20 Å². The average Bonchev–Trinajstić information content (AvgIpc) is 2.92. The van der Waals surface area contributed by atoms with Gasteiger partial charge < -0.3 is 10.0 Å². The second-order valence-electron chi connectivity index (χ2n) is 4.47. The minimum absolute atomic E-state index is 0.657. The van der Waals surface area contributed by atoms with Crippen LogP contribution in [0.15, 0.2) is 26.6 Å². The van der Waals surface area contributed by atoms with Crippen molar-refractivity contribution in [3.63, 3.8) is 0 Å². The molecule has 7 heteroatoms. The number of likely N-dealkylation sites (N-methyl/N-ethyl adjacent to an activating group) is 1. The highest BCUT2D eigenvalue weighted by molar-refractivity contribution is 9.10. The first-order chi connectivity index (χ1) is 8.99. The van der Waals surface area contributed by atoms with E-state index in [2.05, 4.69) is 41.9 Å². The molecule has 0 spiro atoms. The van der Waals surface area contributed by atoms with E-state index in [0.717, 1.165) is 32.6 Å². The summed E-state index contributed by atoms with van der Waals surface area (Å²) in [5.41, 5.74) is 0.802. The van der Waals surface area contributed by atoms with Crippen molar-refractivity contribution in [2.75, 3.05) is 20.6 Å². The molecular weight excluding hydrogens is 394 g/mol. The first-order valence-corrected chi connectivity index (χ1v) is 8.23. The SMILES string of the molecule is CN(C)CCn1ncc(Br)c1C(O)c1cc(Br)cs1.